The molecule has 33 heavy (non-hydrogen) atoms. The fourth-order valence-electron chi connectivity index (χ4n) is 4.41. The van der Waals surface area contributed by atoms with Crippen LogP contribution in [0.4, 0.5) is 10.3 Å². The van der Waals surface area contributed by atoms with Gasteiger partial charge >= 0.3 is 0 Å². The summed E-state index contributed by atoms with van der Waals surface area (Å²) in [5.74, 6) is 1.81. The molecule has 0 saturated carbocycles. The van der Waals surface area contributed by atoms with E-state index in [1.54, 1.807) is 29.4 Å². The van der Waals surface area contributed by atoms with E-state index in [0.717, 1.165) is 44.7 Å². The molecule has 2 saturated heterocycles. The molecule has 0 radical (unpaired) electrons. The molecule has 2 aliphatic heterocycles. The molecule has 0 spiro atoms. The van der Waals surface area contributed by atoms with E-state index in [1.807, 2.05) is 0 Å². The zero-order valence-corrected chi connectivity index (χ0v) is 19.5. The van der Waals surface area contributed by atoms with Crippen molar-refractivity contribution in [3.05, 3.63) is 47.0 Å². The molecular formula is C24H31ClFN5O2. The van der Waals surface area contributed by atoms with Crippen LogP contribution in [0.1, 0.15) is 31.2 Å². The Hall–Kier alpha value is -2.45. The second-order valence-electron chi connectivity index (χ2n) is 8.95. The van der Waals surface area contributed by atoms with Crippen molar-refractivity contribution in [1.82, 2.24) is 14.9 Å². The molecule has 2 aliphatic rings. The zero-order chi connectivity index (χ0) is 23.2. The van der Waals surface area contributed by atoms with E-state index in [2.05, 4.69) is 14.9 Å². The van der Waals surface area contributed by atoms with Crippen molar-refractivity contribution in [2.24, 2.45) is 17.6 Å². The maximum absolute atomic E-state index is 14.4. The maximum atomic E-state index is 14.4. The number of aromatic nitrogens is 2. The van der Waals surface area contributed by atoms with Gasteiger partial charge in [-0.3, -0.25) is 4.79 Å². The number of carbonyl (C=O) groups is 1. The molecule has 2 aromatic rings. The van der Waals surface area contributed by atoms with Crippen LogP contribution in [0.2, 0.25) is 5.02 Å². The van der Waals surface area contributed by atoms with Crippen molar-refractivity contribution in [3.63, 3.8) is 0 Å². The van der Waals surface area contributed by atoms with Crippen LogP contribution in [0.5, 0.6) is 5.75 Å². The molecule has 178 valence electrons. The van der Waals surface area contributed by atoms with Gasteiger partial charge in [-0.25, -0.2) is 14.4 Å². The number of anilines is 1. The molecule has 7 nitrogen and oxygen atoms in total. The molecule has 0 bridgehead atoms. The Kier molecular flexibility index (Phi) is 7.98. The van der Waals surface area contributed by atoms with Gasteiger partial charge in [-0.15, -0.1) is 0 Å². The third kappa shape index (κ3) is 6.32. The SMILES string of the molecule is NCC1CN(C(=O)Cc2ccc(OCCCC3CCN(c4ncc(Cl)cn4)CC3)cc2F)C1. The molecule has 9 heteroatoms. The van der Waals surface area contributed by atoms with Gasteiger partial charge in [-0.2, -0.15) is 0 Å². The van der Waals surface area contributed by atoms with Crippen LogP contribution in [0.25, 0.3) is 0 Å². The van der Waals surface area contributed by atoms with Crippen molar-refractivity contribution in [2.45, 2.75) is 32.1 Å². The van der Waals surface area contributed by atoms with Gasteiger partial charge < -0.3 is 20.3 Å². The largest absolute Gasteiger partial charge is 0.493 e. The molecule has 4 rings (SSSR count). The molecule has 1 aromatic carbocycles. The normalized spacial score (nSPS) is 17.2. The average molecular weight is 476 g/mol. The maximum Gasteiger partial charge on any atom is 0.227 e. The van der Waals surface area contributed by atoms with Gasteiger partial charge in [-0.1, -0.05) is 17.7 Å². The number of rotatable bonds is 9. The summed E-state index contributed by atoms with van der Waals surface area (Å²) in [6.07, 6.45) is 7.50. The Morgan fingerprint density at radius 1 is 1.18 bits per heavy atom. The van der Waals surface area contributed by atoms with Crippen LogP contribution >= 0.6 is 11.6 Å². The van der Waals surface area contributed by atoms with Gasteiger partial charge in [0.1, 0.15) is 11.6 Å². The molecule has 0 unspecified atom stereocenters. The van der Waals surface area contributed by atoms with Crippen LogP contribution in [-0.4, -0.2) is 60.1 Å². The van der Waals surface area contributed by atoms with E-state index < -0.39 is 5.82 Å². The summed E-state index contributed by atoms with van der Waals surface area (Å²) in [6, 6.07) is 4.78. The Morgan fingerprint density at radius 3 is 2.58 bits per heavy atom. The summed E-state index contributed by atoms with van der Waals surface area (Å²) in [7, 11) is 0. The summed E-state index contributed by atoms with van der Waals surface area (Å²) in [4.78, 5) is 24.8. The minimum Gasteiger partial charge on any atom is -0.493 e. The lowest BCUT2D eigenvalue weighted by atomic mass is 9.92. The Labute approximate surface area is 199 Å². The molecule has 0 atom stereocenters. The van der Waals surface area contributed by atoms with E-state index in [1.165, 1.54) is 6.07 Å². The Bertz CT molecular complexity index is 931. The van der Waals surface area contributed by atoms with Crippen LogP contribution < -0.4 is 15.4 Å². The molecule has 1 aromatic heterocycles. The minimum atomic E-state index is -0.395. The third-order valence-electron chi connectivity index (χ3n) is 6.54. The topological polar surface area (TPSA) is 84.6 Å². The number of halogens is 2. The summed E-state index contributed by atoms with van der Waals surface area (Å²) >= 11 is 5.86. The summed E-state index contributed by atoms with van der Waals surface area (Å²) in [5.41, 5.74) is 5.99. The zero-order valence-electron chi connectivity index (χ0n) is 18.8. The van der Waals surface area contributed by atoms with Gasteiger partial charge in [0.05, 0.1) is 30.4 Å². The number of amides is 1. The highest BCUT2D eigenvalue weighted by molar-refractivity contribution is 6.30. The smallest absolute Gasteiger partial charge is 0.227 e. The Balaban J connectivity index is 1.14. The second kappa shape index (κ2) is 11.1. The number of nitrogens with zero attached hydrogens (tertiary/aromatic N) is 4. The fraction of sp³-hybridized carbons (Fsp3) is 0.542. The number of piperidine rings is 1. The summed E-state index contributed by atoms with van der Waals surface area (Å²) in [5, 5.41) is 0.546. The van der Waals surface area contributed by atoms with Gasteiger partial charge in [0.25, 0.3) is 0 Å². The highest BCUT2D eigenvalue weighted by Gasteiger charge is 2.29. The van der Waals surface area contributed by atoms with E-state index in [4.69, 9.17) is 22.1 Å². The van der Waals surface area contributed by atoms with Crippen molar-refractivity contribution >= 4 is 23.5 Å². The minimum absolute atomic E-state index is 0.0547. The van der Waals surface area contributed by atoms with E-state index in [0.29, 0.717) is 54.4 Å². The number of hydrogen-bond acceptors (Lipinski definition) is 6. The van der Waals surface area contributed by atoms with Crippen LogP contribution in [0, 0.1) is 17.7 Å². The number of likely N-dealkylation sites (tertiary alicyclic amines) is 1. The predicted molar refractivity (Wildman–Crippen MR) is 126 cm³/mol. The molecule has 3 heterocycles. The second-order valence-corrected chi connectivity index (χ2v) is 9.39. The molecule has 2 N–H and O–H groups in total. The standard InChI is InChI=1S/C24H31ClFN5O2/c25-20-13-28-24(29-14-20)30-7-5-17(6-8-30)2-1-9-33-21-4-3-19(22(26)11-21)10-23(32)31-15-18(12-27)16-31/h3-4,11,13-14,17-18H,1-2,5-10,12,15-16,27H2. The quantitative estimate of drug-likeness (QED) is 0.560. The molecule has 1 amide bonds. The van der Waals surface area contributed by atoms with Crippen molar-refractivity contribution in [3.8, 4) is 5.75 Å². The van der Waals surface area contributed by atoms with Gasteiger partial charge in [-0.05, 0) is 49.8 Å². The van der Waals surface area contributed by atoms with Crippen LogP contribution in [-0.2, 0) is 11.2 Å². The van der Waals surface area contributed by atoms with Crippen LogP contribution in [0.15, 0.2) is 30.6 Å². The van der Waals surface area contributed by atoms with Crippen LogP contribution in [0.3, 0.4) is 0 Å². The van der Waals surface area contributed by atoms with E-state index in [-0.39, 0.29) is 12.3 Å². The van der Waals surface area contributed by atoms with E-state index in [9.17, 15) is 9.18 Å². The van der Waals surface area contributed by atoms with Crippen molar-refractivity contribution in [2.75, 3.05) is 44.2 Å². The molecule has 0 aliphatic carbocycles. The number of nitrogens with two attached hydrogens (primary N) is 1. The number of benzene rings is 1. The molecule has 2 fully saturated rings. The van der Waals surface area contributed by atoms with E-state index >= 15 is 0 Å². The number of carbonyl (C=O) groups excluding carboxylic acids is 1. The average Bonchev–Trinajstić information content (AvgIpc) is 2.79. The van der Waals surface area contributed by atoms with Crippen molar-refractivity contribution < 1.29 is 13.9 Å². The first kappa shape index (κ1) is 23.7. The summed E-state index contributed by atoms with van der Waals surface area (Å²) < 4.78 is 20.2. The lowest BCUT2D eigenvalue weighted by Gasteiger charge is -2.38. The number of hydrogen-bond donors (Lipinski definition) is 1. The summed E-state index contributed by atoms with van der Waals surface area (Å²) in [6.45, 7) is 4.35. The number of ether oxygens (including phenoxy) is 1. The lowest BCUT2D eigenvalue weighted by molar-refractivity contribution is -0.136. The fourth-order valence-corrected chi connectivity index (χ4v) is 4.51. The van der Waals surface area contributed by atoms with Gasteiger partial charge in [0.2, 0.25) is 11.9 Å². The van der Waals surface area contributed by atoms with Gasteiger partial charge in [0.15, 0.2) is 0 Å². The predicted octanol–water partition coefficient (Wildman–Crippen LogP) is 3.30. The highest BCUT2D eigenvalue weighted by atomic mass is 35.5. The Morgan fingerprint density at radius 2 is 1.91 bits per heavy atom. The first-order chi connectivity index (χ1) is 16.0. The first-order valence-corrected chi connectivity index (χ1v) is 12.0. The lowest BCUT2D eigenvalue weighted by Crippen LogP contribution is -2.53. The monoisotopic (exact) mass is 475 g/mol. The molecular weight excluding hydrogens is 445 g/mol. The first-order valence-electron chi connectivity index (χ1n) is 11.6. The van der Waals surface area contributed by atoms with Gasteiger partial charge in [0, 0.05) is 38.2 Å². The third-order valence-corrected chi connectivity index (χ3v) is 6.73. The highest BCUT2D eigenvalue weighted by Crippen LogP contribution is 2.25. The van der Waals surface area contributed by atoms with Crippen molar-refractivity contribution in [1.29, 1.82) is 0 Å².